The Morgan fingerprint density at radius 1 is 1.29 bits per heavy atom. The molecule has 1 amide bonds. The third-order valence-electron chi connectivity index (χ3n) is 3.43. The second-order valence-corrected chi connectivity index (χ2v) is 4.96. The molecule has 0 unspecified atom stereocenters. The molecule has 0 heterocycles. The standard InChI is InChI=1S/C13H26N2O2/c1-2-9-17-10-6-12(16)15-13(11-14)7-4-3-5-8-13/h2-11,14H2,1H3,(H,15,16). The van der Waals surface area contributed by atoms with Gasteiger partial charge in [0, 0.05) is 19.6 Å². The largest absolute Gasteiger partial charge is 0.381 e. The van der Waals surface area contributed by atoms with Crippen LogP contribution in [0, 0.1) is 0 Å². The fraction of sp³-hybridized carbons (Fsp3) is 0.923. The number of ether oxygens (including phenoxy) is 1. The van der Waals surface area contributed by atoms with E-state index in [9.17, 15) is 4.79 Å². The van der Waals surface area contributed by atoms with Gasteiger partial charge < -0.3 is 15.8 Å². The first-order valence-electron chi connectivity index (χ1n) is 6.81. The number of nitrogens with one attached hydrogen (secondary N) is 1. The smallest absolute Gasteiger partial charge is 0.222 e. The van der Waals surface area contributed by atoms with E-state index in [1.165, 1.54) is 19.3 Å². The van der Waals surface area contributed by atoms with Crippen molar-refractivity contribution < 1.29 is 9.53 Å². The van der Waals surface area contributed by atoms with Gasteiger partial charge in [-0.1, -0.05) is 26.2 Å². The summed E-state index contributed by atoms with van der Waals surface area (Å²) < 4.78 is 5.32. The molecule has 1 aliphatic carbocycles. The van der Waals surface area contributed by atoms with Crippen molar-refractivity contribution in [1.29, 1.82) is 0 Å². The molecule has 1 saturated carbocycles. The zero-order valence-electron chi connectivity index (χ0n) is 11.0. The minimum atomic E-state index is -0.139. The summed E-state index contributed by atoms with van der Waals surface area (Å²) in [6.45, 7) is 3.86. The molecular weight excluding hydrogens is 216 g/mol. The molecule has 100 valence electrons. The fourth-order valence-corrected chi connectivity index (χ4v) is 2.38. The molecule has 3 N–H and O–H groups in total. The molecule has 0 bridgehead atoms. The van der Waals surface area contributed by atoms with Crippen LogP contribution in [0.5, 0.6) is 0 Å². The summed E-state index contributed by atoms with van der Waals surface area (Å²) in [5.74, 6) is 0.0773. The molecule has 0 aromatic heterocycles. The lowest BCUT2D eigenvalue weighted by atomic mass is 9.81. The lowest BCUT2D eigenvalue weighted by Gasteiger charge is -2.37. The number of nitrogens with two attached hydrogens (primary N) is 1. The molecule has 4 heteroatoms. The Balaban J connectivity index is 2.27. The minimum Gasteiger partial charge on any atom is -0.381 e. The molecule has 0 saturated heterocycles. The van der Waals surface area contributed by atoms with E-state index in [0.717, 1.165) is 25.9 Å². The SMILES string of the molecule is CCCOCCC(=O)NC1(CN)CCCCC1. The quantitative estimate of drug-likeness (QED) is 0.666. The molecule has 1 fully saturated rings. The lowest BCUT2D eigenvalue weighted by molar-refractivity contribution is -0.124. The molecule has 0 aromatic carbocycles. The summed E-state index contributed by atoms with van der Waals surface area (Å²) in [5.41, 5.74) is 5.68. The maximum Gasteiger partial charge on any atom is 0.222 e. The van der Waals surface area contributed by atoms with Crippen LogP contribution < -0.4 is 11.1 Å². The average Bonchev–Trinajstić information content (AvgIpc) is 2.36. The normalized spacial score (nSPS) is 18.9. The monoisotopic (exact) mass is 242 g/mol. The molecule has 0 spiro atoms. The first kappa shape index (κ1) is 14.5. The Labute approximate surface area is 104 Å². The van der Waals surface area contributed by atoms with E-state index in [1.807, 2.05) is 0 Å². The van der Waals surface area contributed by atoms with E-state index in [-0.39, 0.29) is 11.4 Å². The minimum absolute atomic E-state index is 0.0773. The Kier molecular flexibility index (Phi) is 6.52. The van der Waals surface area contributed by atoms with Crippen LogP contribution in [0.1, 0.15) is 51.9 Å². The maximum atomic E-state index is 11.8. The second-order valence-electron chi connectivity index (χ2n) is 4.96. The number of rotatable bonds is 7. The van der Waals surface area contributed by atoms with Crippen molar-refractivity contribution in [3.8, 4) is 0 Å². The van der Waals surface area contributed by atoms with E-state index in [0.29, 0.717) is 19.6 Å². The van der Waals surface area contributed by atoms with Crippen LogP contribution in [-0.2, 0) is 9.53 Å². The van der Waals surface area contributed by atoms with Gasteiger partial charge in [0.1, 0.15) is 0 Å². The third kappa shape index (κ3) is 5.04. The average molecular weight is 242 g/mol. The van der Waals surface area contributed by atoms with Crippen LogP contribution in [0.15, 0.2) is 0 Å². The summed E-state index contributed by atoms with van der Waals surface area (Å²) in [6.07, 6.45) is 7.08. The first-order valence-corrected chi connectivity index (χ1v) is 6.81. The van der Waals surface area contributed by atoms with Gasteiger partial charge in [0.15, 0.2) is 0 Å². The van der Waals surface area contributed by atoms with Gasteiger partial charge in [-0.25, -0.2) is 0 Å². The molecule has 17 heavy (non-hydrogen) atoms. The van der Waals surface area contributed by atoms with Gasteiger partial charge >= 0.3 is 0 Å². The summed E-state index contributed by atoms with van der Waals surface area (Å²) in [5, 5.41) is 3.12. The molecule has 4 nitrogen and oxygen atoms in total. The van der Waals surface area contributed by atoms with Gasteiger partial charge in [-0.3, -0.25) is 4.79 Å². The van der Waals surface area contributed by atoms with E-state index in [4.69, 9.17) is 10.5 Å². The Hall–Kier alpha value is -0.610. The van der Waals surface area contributed by atoms with Gasteiger partial charge in [-0.05, 0) is 19.3 Å². The van der Waals surface area contributed by atoms with Crippen molar-refractivity contribution in [3.63, 3.8) is 0 Å². The number of carbonyl (C=O) groups excluding carboxylic acids is 1. The summed E-state index contributed by atoms with van der Waals surface area (Å²) >= 11 is 0. The Morgan fingerprint density at radius 3 is 2.59 bits per heavy atom. The van der Waals surface area contributed by atoms with Gasteiger partial charge in [0.25, 0.3) is 0 Å². The highest BCUT2D eigenvalue weighted by Gasteiger charge is 2.31. The summed E-state index contributed by atoms with van der Waals surface area (Å²) in [4.78, 5) is 11.8. The van der Waals surface area contributed by atoms with Crippen LogP contribution in [0.4, 0.5) is 0 Å². The van der Waals surface area contributed by atoms with Crippen molar-refractivity contribution >= 4 is 5.91 Å². The van der Waals surface area contributed by atoms with E-state index < -0.39 is 0 Å². The van der Waals surface area contributed by atoms with Crippen LogP contribution in [-0.4, -0.2) is 31.2 Å². The molecule has 0 aromatic rings. The van der Waals surface area contributed by atoms with Gasteiger partial charge in [-0.15, -0.1) is 0 Å². The van der Waals surface area contributed by atoms with Crippen LogP contribution >= 0.6 is 0 Å². The van der Waals surface area contributed by atoms with Crippen LogP contribution in [0.25, 0.3) is 0 Å². The van der Waals surface area contributed by atoms with Crippen molar-refractivity contribution in [2.45, 2.75) is 57.4 Å². The topological polar surface area (TPSA) is 64.3 Å². The molecule has 0 aliphatic heterocycles. The van der Waals surface area contributed by atoms with Gasteiger partial charge in [0.2, 0.25) is 5.91 Å². The summed E-state index contributed by atoms with van der Waals surface area (Å²) in [6, 6.07) is 0. The Bertz CT molecular complexity index is 225. The number of hydrogen-bond acceptors (Lipinski definition) is 3. The summed E-state index contributed by atoms with van der Waals surface area (Å²) in [7, 11) is 0. The van der Waals surface area contributed by atoms with Crippen LogP contribution in [0.2, 0.25) is 0 Å². The van der Waals surface area contributed by atoms with E-state index in [2.05, 4.69) is 12.2 Å². The molecule has 0 atom stereocenters. The third-order valence-corrected chi connectivity index (χ3v) is 3.43. The molecular formula is C13H26N2O2. The second kappa shape index (κ2) is 7.67. The number of hydrogen-bond donors (Lipinski definition) is 2. The van der Waals surface area contributed by atoms with Crippen molar-refractivity contribution in [2.24, 2.45) is 5.73 Å². The predicted octanol–water partition coefficient (Wildman–Crippen LogP) is 1.58. The van der Waals surface area contributed by atoms with Crippen molar-refractivity contribution in [3.05, 3.63) is 0 Å². The van der Waals surface area contributed by atoms with Gasteiger partial charge in [0.05, 0.1) is 12.1 Å². The van der Waals surface area contributed by atoms with E-state index >= 15 is 0 Å². The maximum absolute atomic E-state index is 11.8. The molecule has 1 aliphatic rings. The molecule has 1 rings (SSSR count). The fourth-order valence-electron chi connectivity index (χ4n) is 2.38. The number of carbonyl (C=O) groups is 1. The van der Waals surface area contributed by atoms with Crippen LogP contribution in [0.3, 0.4) is 0 Å². The van der Waals surface area contributed by atoms with E-state index in [1.54, 1.807) is 0 Å². The molecule has 0 radical (unpaired) electrons. The highest BCUT2D eigenvalue weighted by Crippen LogP contribution is 2.27. The highest BCUT2D eigenvalue weighted by atomic mass is 16.5. The lowest BCUT2D eigenvalue weighted by Crippen LogP contribution is -2.54. The highest BCUT2D eigenvalue weighted by molar-refractivity contribution is 5.76. The predicted molar refractivity (Wildman–Crippen MR) is 68.7 cm³/mol. The number of amides is 1. The van der Waals surface area contributed by atoms with Crippen molar-refractivity contribution in [2.75, 3.05) is 19.8 Å². The van der Waals surface area contributed by atoms with Gasteiger partial charge in [-0.2, -0.15) is 0 Å². The zero-order chi connectivity index (χ0) is 12.6. The zero-order valence-corrected chi connectivity index (χ0v) is 11.0. The Morgan fingerprint density at radius 2 is 2.00 bits per heavy atom. The van der Waals surface area contributed by atoms with Crippen molar-refractivity contribution in [1.82, 2.24) is 5.32 Å². The first-order chi connectivity index (χ1) is 8.22.